The van der Waals surface area contributed by atoms with Crippen molar-refractivity contribution in [2.45, 2.75) is 32.7 Å². The average Bonchev–Trinajstić information content (AvgIpc) is 2.30. The number of fused-ring (bicyclic) bond motifs is 1. The molecule has 0 fully saturated rings. The minimum atomic E-state index is -1.12. The monoisotopic (exact) mass is 277 g/mol. The van der Waals surface area contributed by atoms with E-state index in [1.165, 1.54) is 13.8 Å². The van der Waals surface area contributed by atoms with E-state index in [4.69, 9.17) is 9.47 Å². The minimum Gasteiger partial charge on any atom is -0.423 e. The van der Waals surface area contributed by atoms with Gasteiger partial charge in [-0.25, -0.2) is 4.79 Å². The van der Waals surface area contributed by atoms with Crippen molar-refractivity contribution in [1.29, 1.82) is 0 Å². The lowest BCUT2D eigenvalue weighted by Gasteiger charge is -2.33. The summed E-state index contributed by atoms with van der Waals surface area (Å²) < 4.78 is 10.3. The fourth-order valence-corrected chi connectivity index (χ4v) is 2.19. The van der Waals surface area contributed by atoms with Crippen LogP contribution < -0.4 is 14.8 Å². The Labute approximate surface area is 116 Å². The second-order valence-electron chi connectivity index (χ2n) is 4.92. The van der Waals surface area contributed by atoms with E-state index in [1.54, 1.807) is 25.1 Å². The van der Waals surface area contributed by atoms with E-state index < -0.39 is 17.5 Å². The van der Waals surface area contributed by atoms with Crippen LogP contribution in [-0.2, 0) is 20.8 Å². The van der Waals surface area contributed by atoms with Crippen molar-refractivity contribution >= 4 is 17.8 Å². The predicted molar refractivity (Wildman–Crippen MR) is 69.3 cm³/mol. The zero-order valence-electron chi connectivity index (χ0n) is 11.5. The third kappa shape index (κ3) is 2.64. The summed E-state index contributed by atoms with van der Waals surface area (Å²) >= 11 is 0. The SMILES string of the molecule is CC(=O)NC1(C)Cc2cccc(OC(C)=O)c2OC1=O. The molecule has 0 aromatic heterocycles. The maximum absolute atomic E-state index is 12.1. The molecule has 0 spiro atoms. The Morgan fingerprint density at radius 2 is 2.05 bits per heavy atom. The van der Waals surface area contributed by atoms with Gasteiger partial charge in [0.1, 0.15) is 5.54 Å². The van der Waals surface area contributed by atoms with Crippen LogP contribution in [0.2, 0.25) is 0 Å². The van der Waals surface area contributed by atoms with E-state index in [2.05, 4.69) is 5.32 Å². The van der Waals surface area contributed by atoms with Gasteiger partial charge in [-0.15, -0.1) is 0 Å². The first-order valence-electron chi connectivity index (χ1n) is 6.13. The predicted octanol–water partition coefficient (Wildman–Crippen LogP) is 0.968. The molecule has 0 bridgehead atoms. The smallest absolute Gasteiger partial charge is 0.337 e. The van der Waals surface area contributed by atoms with Gasteiger partial charge in [0.05, 0.1) is 0 Å². The molecule has 1 heterocycles. The van der Waals surface area contributed by atoms with Gasteiger partial charge >= 0.3 is 11.9 Å². The molecule has 0 aliphatic carbocycles. The molecule has 106 valence electrons. The lowest BCUT2D eigenvalue weighted by Crippen LogP contribution is -2.56. The topological polar surface area (TPSA) is 81.7 Å². The Bertz CT molecular complexity index is 595. The molecule has 1 N–H and O–H groups in total. The van der Waals surface area contributed by atoms with Crippen LogP contribution in [0.25, 0.3) is 0 Å². The molecule has 1 aliphatic rings. The molecule has 2 rings (SSSR count). The highest BCUT2D eigenvalue weighted by Gasteiger charge is 2.42. The van der Waals surface area contributed by atoms with Gasteiger partial charge in [-0.2, -0.15) is 0 Å². The summed E-state index contributed by atoms with van der Waals surface area (Å²) in [6, 6.07) is 5.01. The lowest BCUT2D eigenvalue weighted by molar-refractivity contribution is -0.145. The third-order valence-electron chi connectivity index (χ3n) is 2.96. The zero-order valence-corrected chi connectivity index (χ0v) is 11.5. The molecule has 6 heteroatoms. The summed E-state index contributed by atoms with van der Waals surface area (Å²) in [5, 5.41) is 2.59. The Morgan fingerprint density at radius 1 is 1.35 bits per heavy atom. The molecule has 1 aromatic carbocycles. The molecule has 1 amide bonds. The highest BCUT2D eigenvalue weighted by atomic mass is 16.6. The van der Waals surface area contributed by atoms with Gasteiger partial charge in [-0.1, -0.05) is 12.1 Å². The number of rotatable bonds is 2. The first kappa shape index (κ1) is 14.0. The number of nitrogens with one attached hydrogen (secondary N) is 1. The maximum Gasteiger partial charge on any atom is 0.337 e. The number of ether oxygens (including phenoxy) is 2. The molecule has 1 atom stereocenters. The molecular weight excluding hydrogens is 262 g/mol. The van der Waals surface area contributed by atoms with Crippen LogP contribution >= 0.6 is 0 Å². The van der Waals surface area contributed by atoms with Crippen molar-refractivity contribution in [2.75, 3.05) is 0 Å². The van der Waals surface area contributed by atoms with Crippen LogP contribution in [0.1, 0.15) is 26.3 Å². The summed E-state index contributed by atoms with van der Waals surface area (Å²) in [4.78, 5) is 34.3. The van der Waals surface area contributed by atoms with E-state index in [-0.39, 0.29) is 23.8 Å². The molecular formula is C14H15NO5. The molecule has 1 aliphatic heterocycles. The van der Waals surface area contributed by atoms with Gasteiger partial charge in [0.25, 0.3) is 0 Å². The van der Waals surface area contributed by atoms with Gasteiger partial charge < -0.3 is 14.8 Å². The number of carbonyl (C=O) groups excluding carboxylic acids is 3. The van der Waals surface area contributed by atoms with E-state index in [0.717, 1.165) is 0 Å². The average molecular weight is 277 g/mol. The standard InChI is InChI=1S/C14H15NO5/c1-8(16)15-14(3)7-10-5-4-6-11(19-9(2)17)12(10)20-13(14)18/h4-6H,7H2,1-3H3,(H,15,16). The summed E-state index contributed by atoms with van der Waals surface area (Å²) in [7, 11) is 0. The second-order valence-corrected chi connectivity index (χ2v) is 4.92. The third-order valence-corrected chi connectivity index (χ3v) is 2.96. The van der Waals surface area contributed by atoms with Crippen LogP contribution in [0, 0.1) is 0 Å². The molecule has 1 unspecified atom stereocenters. The van der Waals surface area contributed by atoms with Gasteiger partial charge in [0.15, 0.2) is 11.5 Å². The Balaban J connectivity index is 2.38. The van der Waals surface area contributed by atoms with Crippen molar-refractivity contribution in [3.63, 3.8) is 0 Å². The first-order valence-corrected chi connectivity index (χ1v) is 6.13. The fourth-order valence-electron chi connectivity index (χ4n) is 2.19. The number of para-hydroxylation sites is 1. The van der Waals surface area contributed by atoms with Gasteiger partial charge in [0, 0.05) is 25.8 Å². The van der Waals surface area contributed by atoms with Crippen molar-refractivity contribution in [2.24, 2.45) is 0 Å². The Kier molecular flexibility index (Phi) is 3.48. The van der Waals surface area contributed by atoms with E-state index in [9.17, 15) is 14.4 Å². The molecule has 0 saturated carbocycles. The second kappa shape index (κ2) is 4.96. The van der Waals surface area contributed by atoms with Crippen LogP contribution in [-0.4, -0.2) is 23.4 Å². The Morgan fingerprint density at radius 3 is 2.65 bits per heavy atom. The van der Waals surface area contributed by atoms with Gasteiger partial charge in [-0.3, -0.25) is 9.59 Å². The van der Waals surface area contributed by atoms with E-state index >= 15 is 0 Å². The number of hydrogen-bond donors (Lipinski definition) is 1. The number of amides is 1. The maximum atomic E-state index is 12.1. The number of carbonyl (C=O) groups is 3. The molecule has 6 nitrogen and oxygen atoms in total. The van der Waals surface area contributed by atoms with Crippen LogP contribution in [0.5, 0.6) is 11.5 Å². The quantitative estimate of drug-likeness (QED) is 0.643. The van der Waals surface area contributed by atoms with E-state index in [1.807, 2.05) is 0 Å². The van der Waals surface area contributed by atoms with Crippen LogP contribution in [0.3, 0.4) is 0 Å². The first-order chi connectivity index (χ1) is 9.32. The molecule has 20 heavy (non-hydrogen) atoms. The summed E-state index contributed by atoms with van der Waals surface area (Å²) in [5.74, 6) is -0.961. The van der Waals surface area contributed by atoms with Crippen LogP contribution in [0.4, 0.5) is 0 Å². The molecule has 0 radical (unpaired) electrons. The largest absolute Gasteiger partial charge is 0.423 e. The normalized spacial score (nSPS) is 20.6. The fraction of sp³-hybridized carbons (Fsp3) is 0.357. The molecule has 1 aromatic rings. The van der Waals surface area contributed by atoms with Gasteiger partial charge in [0.2, 0.25) is 5.91 Å². The number of benzene rings is 1. The number of esters is 2. The summed E-state index contributed by atoms with van der Waals surface area (Å²) in [6.07, 6.45) is 0.274. The highest BCUT2D eigenvalue weighted by molar-refractivity contribution is 5.90. The van der Waals surface area contributed by atoms with Crippen molar-refractivity contribution < 1.29 is 23.9 Å². The Hall–Kier alpha value is -2.37. The van der Waals surface area contributed by atoms with E-state index in [0.29, 0.717) is 5.56 Å². The summed E-state index contributed by atoms with van der Waals surface area (Å²) in [6.45, 7) is 4.20. The summed E-state index contributed by atoms with van der Waals surface area (Å²) in [5.41, 5.74) is -0.423. The van der Waals surface area contributed by atoms with Crippen molar-refractivity contribution in [1.82, 2.24) is 5.32 Å². The molecule has 0 saturated heterocycles. The van der Waals surface area contributed by atoms with Gasteiger partial charge in [-0.05, 0) is 13.0 Å². The minimum absolute atomic E-state index is 0.202. The van der Waals surface area contributed by atoms with Crippen LogP contribution in [0.15, 0.2) is 18.2 Å². The highest BCUT2D eigenvalue weighted by Crippen LogP contribution is 2.38. The zero-order chi connectivity index (χ0) is 14.9. The van der Waals surface area contributed by atoms with Crippen molar-refractivity contribution in [3.8, 4) is 11.5 Å². The number of hydrogen-bond acceptors (Lipinski definition) is 5. The van der Waals surface area contributed by atoms with Crippen molar-refractivity contribution in [3.05, 3.63) is 23.8 Å². The lowest BCUT2D eigenvalue weighted by atomic mass is 9.89.